The molecular weight excluding hydrogens is 260 g/mol. The van der Waals surface area contributed by atoms with Crippen LogP contribution < -0.4 is 10.6 Å². The summed E-state index contributed by atoms with van der Waals surface area (Å²) in [4.78, 5) is 9.13. The molecule has 0 fully saturated rings. The Morgan fingerprint density at radius 1 is 1.00 bits per heavy atom. The quantitative estimate of drug-likeness (QED) is 0.854. The van der Waals surface area contributed by atoms with Crippen molar-refractivity contribution in [1.29, 1.82) is 0 Å². The van der Waals surface area contributed by atoms with E-state index in [2.05, 4.69) is 73.4 Å². The Labute approximate surface area is 127 Å². The Morgan fingerprint density at radius 3 is 2.33 bits per heavy atom. The molecule has 0 radical (unpaired) electrons. The van der Waals surface area contributed by atoms with Gasteiger partial charge >= 0.3 is 0 Å². The van der Waals surface area contributed by atoms with Crippen molar-refractivity contribution in [3.05, 3.63) is 41.2 Å². The first-order valence-electron chi connectivity index (χ1n) is 7.46. The molecule has 0 aliphatic carbocycles. The van der Waals surface area contributed by atoms with Gasteiger partial charge < -0.3 is 10.6 Å². The van der Waals surface area contributed by atoms with Gasteiger partial charge in [0.15, 0.2) is 0 Å². The molecule has 2 N–H and O–H groups in total. The lowest BCUT2D eigenvalue weighted by Crippen LogP contribution is -2.07. The van der Waals surface area contributed by atoms with Crippen molar-refractivity contribution in [1.82, 2.24) is 9.97 Å². The summed E-state index contributed by atoms with van der Waals surface area (Å²) in [6, 6.07) is 8.28. The van der Waals surface area contributed by atoms with Crippen LogP contribution in [0.4, 0.5) is 17.3 Å². The van der Waals surface area contributed by atoms with Crippen molar-refractivity contribution >= 4 is 17.3 Å². The molecule has 4 heteroatoms. The van der Waals surface area contributed by atoms with Crippen LogP contribution in [-0.4, -0.2) is 16.5 Å². The molecule has 0 spiro atoms. The van der Waals surface area contributed by atoms with Gasteiger partial charge in [0, 0.05) is 24.2 Å². The monoisotopic (exact) mass is 284 g/mol. The van der Waals surface area contributed by atoms with Gasteiger partial charge in [0.2, 0.25) is 0 Å². The van der Waals surface area contributed by atoms with Gasteiger partial charge in [0.25, 0.3) is 0 Å². The predicted octanol–water partition coefficient (Wildman–Crippen LogP) is 4.39. The fourth-order valence-electron chi connectivity index (χ4n) is 2.03. The zero-order valence-corrected chi connectivity index (χ0v) is 13.5. The topological polar surface area (TPSA) is 49.8 Å². The standard InChI is InChI=1S/C17H24N4/c1-6-18-15-10-16(21-17(20-15)11(2)3)19-14-8-7-12(4)13(5)9-14/h7-11H,6H2,1-5H3,(H2,18,19,20,21). The van der Waals surface area contributed by atoms with Gasteiger partial charge in [-0.2, -0.15) is 0 Å². The van der Waals surface area contributed by atoms with Gasteiger partial charge in [-0.25, -0.2) is 9.97 Å². The van der Waals surface area contributed by atoms with E-state index in [-0.39, 0.29) is 0 Å². The molecule has 0 aliphatic heterocycles. The first-order valence-corrected chi connectivity index (χ1v) is 7.46. The molecular formula is C17H24N4. The third-order valence-electron chi connectivity index (χ3n) is 3.40. The normalized spacial score (nSPS) is 10.8. The number of aromatic nitrogens is 2. The van der Waals surface area contributed by atoms with Gasteiger partial charge in [0.1, 0.15) is 17.5 Å². The maximum Gasteiger partial charge on any atom is 0.136 e. The minimum Gasteiger partial charge on any atom is -0.370 e. The van der Waals surface area contributed by atoms with Crippen molar-refractivity contribution in [2.75, 3.05) is 17.2 Å². The molecule has 1 heterocycles. The smallest absolute Gasteiger partial charge is 0.136 e. The number of nitrogens with zero attached hydrogens (tertiary/aromatic N) is 2. The van der Waals surface area contributed by atoms with Crippen molar-refractivity contribution in [2.24, 2.45) is 0 Å². The molecule has 0 amide bonds. The van der Waals surface area contributed by atoms with E-state index < -0.39 is 0 Å². The van der Waals surface area contributed by atoms with Gasteiger partial charge in [-0.15, -0.1) is 0 Å². The Kier molecular flexibility index (Phi) is 4.78. The van der Waals surface area contributed by atoms with E-state index in [1.54, 1.807) is 0 Å². The van der Waals surface area contributed by atoms with E-state index in [1.165, 1.54) is 11.1 Å². The highest BCUT2D eigenvalue weighted by Gasteiger charge is 2.08. The Morgan fingerprint density at radius 2 is 1.71 bits per heavy atom. The van der Waals surface area contributed by atoms with Crippen molar-refractivity contribution < 1.29 is 0 Å². The third-order valence-corrected chi connectivity index (χ3v) is 3.40. The lowest BCUT2D eigenvalue weighted by Gasteiger charge is -2.13. The number of nitrogens with one attached hydrogen (secondary N) is 2. The van der Waals surface area contributed by atoms with Crippen LogP contribution in [-0.2, 0) is 0 Å². The summed E-state index contributed by atoms with van der Waals surface area (Å²) in [5.74, 6) is 2.83. The van der Waals surface area contributed by atoms with Crippen LogP contribution in [0.1, 0.15) is 43.6 Å². The largest absolute Gasteiger partial charge is 0.370 e. The molecule has 1 aromatic heterocycles. The summed E-state index contributed by atoms with van der Waals surface area (Å²) < 4.78 is 0. The van der Waals surface area contributed by atoms with Gasteiger partial charge in [-0.1, -0.05) is 19.9 Å². The summed E-state index contributed by atoms with van der Waals surface area (Å²) in [7, 11) is 0. The predicted molar refractivity (Wildman–Crippen MR) is 89.5 cm³/mol. The number of anilines is 3. The number of hydrogen-bond donors (Lipinski definition) is 2. The molecule has 21 heavy (non-hydrogen) atoms. The maximum atomic E-state index is 4.60. The molecule has 0 unspecified atom stereocenters. The third kappa shape index (κ3) is 3.94. The van der Waals surface area contributed by atoms with Crippen LogP contribution in [0.2, 0.25) is 0 Å². The Hall–Kier alpha value is -2.10. The van der Waals surface area contributed by atoms with Crippen molar-refractivity contribution in [3.8, 4) is 0 Å². The molecule has 2 aromatic rings. The summed E-state index contributed by atoms with van der Waals surface area (Å²) in [5.41, 5.74) is 3.61. The average molecular weight is 284 g/mol. The zero-order chi connectivity index (χ0) is 15.4. The van der Waals surface area contributed by atoms with Gasteiger partial charge in [-0.05, 0) is 44.0 Å². The Balaban J connectivity index is 2.31. The molecule has 112 valence electrons. The molecule has 0 atom stereocenters. The minimum absolute atomic E-state index is 0.295. The summed E-state index contributed by atoms with van der Waals surface area (Å²) >= 11 is 0. The van der Waals surface area contributed by atoms with Crippen LogP contribution in [0.5, 0.6) is 0 Å². The van der Waals surface area contributed by atoms with E-state index in [9.17, 15) is 0 Å². The van der Waals surface area contributed by atoms with E-state index in [0.29, 0.717) is 5.92 Å². The Bertz CT molecular complexity index is 620. The molecule has 1 aromatic carbocycles. The summed E-state index contributed by atoms with van der Waals surface area (Å²) in [6.45, 7) is 11.3. The van der Waals surface area contributed by atoms with Gasteiger partial charge in [0.05, 0.1) is 0 Å². The maximum absolute atomic E-state index is 4.60. The van der Waals surface area contributed by atoms with Crippen LogP contribution in [0.3, 0.4) is 0 Å². The highest BCUT2D eigenvalue weighted by atomic mass is 15.1. The first kappa shape index (κ1) is 15.3. The van der Waals surface area contributed by atoms with E-state index >= 15 is 0 Å². The SMILES string of the molecule is CCNc1cc(Nc2ccc(C)c(C)c2)nc(C(C)C)n1. The number of aryl methyl sites for hydroxylation is 2. The lowest BCUT2D eigenvalue weighted by molar-refractivity contribution is 0.777. The van der Waals surface area contributed by atoms with Gasteiger partial charge in [-0.3, -0.25) is 0 Å². The summed E-state index contributed by atoms with van der Waals surface area (Å²) in [6.07, 6.45) is 0. The highest BCUT2D eigenvalue weighted by molar-refractivity contribution is 5.60. The van der Waals surface area contributed by atoms with Crippen LogP contribution in [0.15, 0.2) is 24.3 Å². The van der Waals surface area contributed by atoms with E-state index in [0.717, 1.165) is 29.7 Å². The van der Waals surface area contributed by atoms with E-state index in [1.807, 2.05) is 6.07 Å². The fraction of sp³-hybridized carbons (Fsp3) is 0.412. The lowest BCUT2D eigenvalue weighted by atomic mass is 10.1. The van der Waals surface area contributed by atoms with Crippen LogP contribution >= 0.6 is 0 Å². The molecule has 0 saturated heterocycles. The second-order valence-electron chi connectivity index (χ2n) is 5.61. The zero-order valence-electron chi connectivity index (χ0n) is 13.5. The number of hydrogen-bond acceptors (Lipinski definition) is 4. The van der Waals surface area contributed by atoms with Crippen LogP contribution in [0.25, 0.3) is 0 Å². The number of benzene rings is 1. The van der Waals surface area contributed by atoms with Crippen molar-refractivity contribution in [2.45, 2.75) is 40.5 Å². The minimum atomic E-state index is 0.295. The first-order chi connectivity index (χ1) is 9.99. The highest BCUT2D eigenvalue weighted by Crippen LogP contribution is 2.22. The second kappa shape index (κ2) is 6.57. The molecule has 2 rings (SSSR count). The second-order valence-corrected chi connectivity index (χ2v) is 5.61. The average Bonchev–Trinajstić information content (AvgIpc) is 2.43. The molecule has 0 bridgehead atoms. The van der Waals surface area contributed by atoms with Crippen LogP contribution in [0, 0.1) is 13.8 Å². The van der Waals surface area contributed by atoms with E-state index in [4.69, 9.17) is 0 Å². The molecule has 0 saturated carbocycles. The number of rotatable bonds is 5. The fourth-order valence-corrected chi connectivity index (χ4v) is 2.03. The molecule has 0 aliphatic rings. The summed E-state index contributed by atoms with van der Waals surface area (Å²) in [5, 5.41) is 6.63. The van der Waals surface area contributed by atoms with Crippen molar-refractivity contribution in [3.63, 3.8) is 0 Å². The molecule has 4 nitrogen and oxygen atoms in total.